The van der Waals surface area contributed by atoms with Crippen molar-refractivity contribution in [3.8, 4) is 5.75 Å². The molecule has 36 heavy (non-hydrogen) atoms. The van der Waals surface area contributed by atoms with E-state index in [4.69, 9.17) is 4.74 Å². The Balaban J connectivity index is 1.52. The zero-order valence-corrected chi connectivity index (χ0v) is 21.2. The molecule has 2 heterocycles. The first kappa shape index (κ1) is 24.2. The van der Waals surface area contributed by atoms with Crippen molar-refractivity contribution in [3.05, 3.63) is 81.9 Å². The number of aromatic amines is 1. The molecule has 2 aromatic carbocycles. The molecule has 0 amide bonds. The van der Waals surface area contributed by atoms with Gasteiger partial charge in [0, 0.05) is 24.2 Å². The third kappa shape index (κ3) is 5.04. The van der Waals surface area contributed by atoms with E-state index in [0.717, 1.165) is 46.4 Å². The van der Waals surface area contributed by atoms with Crippen molar-refractivity contribution in [1.29, 1.82) is 0 Å². The number of fused-ring (bicyclic) bond motifs is 1. The first-order valence-corrected chi connectivity index (χ1v) is 12.8. The molecule has 8 nitrogen and oxygen atoms in total. The molecule has 8 heteroatoms. The molecule has 1 aliphatic carbocycles. The van der Waals surface area contributed by atoms with Crippen LogP contribution < -0.4 is 10.3 Å². The molecule has 1 aliphatic rings. The summed E-state index contributed by atoms with van der Waals surface area (Å²) in [5, 5.41) is 13.9. The van der Waals surface area contributed by atoms with E-state index in [-0.39, 0.29) is 17.5 Å². The van der Waals surface area contributed by atoms with Gasteiger partial charge in [0.1, 0.15) is 5.75 Å². The molecule has 1 atom stereocenters. The Morgan fingerprint density at radius 3 is 2.61 bits per heavy atom. The van der Waals surface area contributed by atoms with Crippen LogP contribution in [-0.4, -0.2) is 43.2 Å². The minimum atomic E-state index is -0.0647. The van der Waals surface area contributed by atoms with Crippen molar-refractivity contribution in [2.75, 3.05) is 7.11 Å². The van der Waals surface area contributed by atoms with E-state index in [0.29, 0.717) is 19.1 Å². The van der Waals surface area contributed by atoms with Gasteiger partial charge in [-0.15, -0.1) is 5.10 Å². The highest BCUT2D eigenvalue weighted by Gasteiger charge is 2.35. The van der Waals surface area contributed by atoms with E-state index in [1.54, 1.807) is 7.11 Å². The van der Waals surface area contributed by atoms with Crippen LogP contribution in [0.15, 0.2) is 59.4 Å². The molecule has 0 bridgehead atoms. The Hall–Kier alpha value is -3.52. The summed E-state index contributed by atoms with van der Waals surface area (Å²) >= 11 is 0. The predicted octanol–water partition coefficient (Wildman–Crippen LogP) is 4.71. The molecule has 1 unspecified atom stereocenters. The van der Waals surface area contributed by atoms with E-state index < -0.39 is 0 Å². The largest absolute Gasteiger partial charge is 0.497 e. The quantitative estimate of drug-likeness (QED) is 0.368. The molecular weight excluding hydrogens is 452 g/mol. The average Bonchev–Trinajstić information content (AvgIpc) is 3.57. The van der Waals surface area contributed by atoms with Gasteiger partial charge in [-0.05, 0) is 58.3 Å². The first-order chi connectivity index (χ1) is 17.5. The van der Waals surface area contributed by atoms with Gasteiger partial charge in [0.2, 0.25) is 0 Å². The highest BCUT2D eigenvalue weighted by Crippen LogP contribution is 2.36. The monoisotopic (exact) mass is 486 g/mol. The van der Waals surface area contributed by atoms with Crippen LogP contribution in [0.1, 0.15) is 62.5 Å². The van der Waals surface area contributed by atoms with Crippen LogP contribution in [0.25, 0.3) is 10.9 Å². The van der Waals surface area contributed by atoms with Gasteiger partial charge in [-0.2, -0.15) is 0 Å². The number of aromatic nitrogens is 5. The number of nitrogens with one attached hydrogen (secondary N) is 1. The Kier molecular flexibility index (Phi) is 7.13. The molecular formula is C28H34N6O2. The topological polar surface area (TPSA) is 88.9 Å². The lowest BCUT2D eigenvalue weighted by Crippen LogP contribution is -2.41. The summed E-state index contributed by atoms with van der Waals surface area (Å²) in [7, 11) is 1.63. The number of nitrogens with zero attached hydrogens (tertiary/aromatic N) is 5. The van der Waals surface area contributed by atoms with E-state index >= 15 is 0 Å². The molecule has 5 rings (SSSR count). The number of methoxy groups -OCH3 is 1. The second kappa shape index (κ2) is 10.6. The van der Waals surface area contributed by atoms with Gasteiger partial charge in [0.05, 0.1) is 25.2 Å². The van der Waals surface area contributed by atoms with Gasteiger partial charge in [0.15, 0.2) is 5.82 Å². The van der Waals surface area contributed by atoms with Gasteiger partial charge < -0.3 is 9.72 Å². The van der Waals surface area contributed by atoms with Gasteiger partial charge in [-0.3, -0.25) is 9.69 Å². The normalized spacial score (nSPS) is 15.2. The van der Waals surface area contributed by atoms with Crippen LogP contribution in [0.2, 0.25) is 0 Å². The molecule has 0 spiro atoms. The van der Waals surface area contributed by atoms with Crippen molar-refractivity contribution in [2.24, 2.45) is 5.92 Å². The number of benzene rings is 2. The van der Waals surface area contributed by atoms with Crippen LogP contribution in [0.5, 0.6) is 5.75 Å². The van der Waals surface area contributed by atoms with Gasteiger partial charge in [-0.25, -0.2) is 4.68 Å². The number of tetrazole rings is 1. The fourth-order valence-electron chi connectivity index (χ4n) is 5.48. The lowest BCUT2D eigenvalue weighted by Gasteiger charge is -2.38. The fourth-order valence-corrected chi connectivity index (χ4v) is 5.48. The van der Waals surface area contributed by atoms with E-state index in [1.165, 1.54) is 12.8 Å². The summed E-state index contributed by atoms with van der Waals surface area (Å²) in [5.41, 5.74) is 2.63. The Morgan fingerprint density at radius 1 is 1.11 bits per heavy atom. The standard InChI is InChI=1S/C28H34N6O2/c1-19(2)26(27-30-31-32-34(27)17-20-9-5-4-6-10-20)33(23-11-7-8-12-23)18-22-15-21-13-14-24(36-3)16-25(21)29-28(22)35/h4-6,9-10,13-16,19,23,26H,7-8,11-12,17-18H2,1-3H3,(H,29,35). The predicted molar refractivity (Wildman–Crippen MR) is 140 cm³/mol. The summed E-state index contributed by atoms with van der Waals surface area (Å²) in [6.45, 7) is 5.59. The summed E-state index contributed by atoms with van der Waals surface area (Å²) < 4.78 is 7.24. The Labute approximate surface area is 211 Å². The second-order valence-electron chi connectivity index (χ2n) is 10.1. The average molecular weight is 487 g/mol. The smallest absolute Gasteiger partial charge is 0.252 e. The molecule has 188 valence electrons. The zero-order valence-electron chi connectivity index (χ0n) is 21.2. The minimum absolute atomic E-state index is 0.0159. The number of pyridine rings is 1. The van der Waals surface area contributed by atoms with Crippen LogP contribution in [0, 0.1) is 5.92 Å². The maximum atomic E-state index is 13.2. The Morgan fingerprint density at radius 2 is 1.89 bits per heavy atom. The van der Waals surface area contributed by atoms with Crippen molar-refractivity contribution in [2.45, 2.75) is 64.7 Å². The number of rotatable bonds is 9. The summed E-state index contributed by atoms with van der Waals surface area (Å²) in [4.78, 5) is 18.7. The molecule has 0 radical (unpaired) electrons. The lowest BCUT2D eigenvalue weighted by atomic mass is 9.97. The fraction of sp³-hybridized carbons (Fsp3) is 0.429. The number of hydrogen-bond donors (Lipinski definition) is 1. The van der Waals surface area contributed by atoms with Crippen molar-refractivity contribution in [1.82, 2.24) is 30.1 Å². The highest BCUT2D eigenvalue weighted by atomic mass is 16.5. The number of H-pyrrole nitrogens is 1. The second-order valence-corrected chi connectivity index (χ2v) is 10.1. The third-order valence-electron chi connectivity index (χ3n) is 7.26. The third-order valence-corrected chi connectivity index (χ3v) is 7.26. The minimum Gasteiger partial charge on any atom is -0.497 e. The van der Waals surface area contributed by atoms with E-state index in [2.05, 4.69) is 51.4 Å². The van der Waals surface area contributed by atoms with E-state index in [9.17, 15) is 4.79 Å². The van der Waals surface area contributed by atoms with Crippen LogP contribution in [0.3, 0.4) is 0 Å². The van der Waals surface area contributed by atoms with Gasteiger partial charge >= 0.3 is 0 Å². The summed E-state index contributed by atoms with van der Waals surface area (Å²) in [6.07, 6.45) is 4.64. The highest BCUT2D eigenvalue weighted by molar-refractivity contribution is 5.80. The number of ether oxygens (including phenoxy) is 1. The maximum absolute atomic E-state index is 13.2. The molecule has 4 aromatic rings. The molecule has 1 saturated carbocycles. The summed E-state index contributed by atoms with van der Waals surface area (Å²) in [6, 6.07) is 18.4. The van der Waals surface area contributed by atoms with Crippen molar-refractivity contribution < 1.29 is 4.74 Å². The zero-order chi connectivity index (χ0) is 25.1. The molecule has 1 fully saturated rings. The summed E-state index contributed by atoms with van der Waals surface area (Å²) in [5.74, 6) is 1.83. The van der Waals surface area contributed by atoms with E-state index in [1.807, 2.05) is 47.1 Å². The van der Waals surface area contributed by atoms with Crippen LogP contribution in [-0.2, 0) is 13.1 Å². The lowest BCUT2D eigenvalue weighted by molar-refractivity contribution is 0.0844. The number of hydrogen-bond acceptors (Lipinski definition) is 6. The molecule has 0 aliphatic heterocycles. The van der Waals surface area contributed by atoms with Gasteiger partial charge in [0.25, 0.3) is 5.56 Å². The molecule has 1 N–H and O–H groups in total. The first-order valence-electron chi connectivity index (χ1n) is 12.8. The van der Waals surface area contributed by atoms with Crippen LogP contribution in [0.4, 0.5) is 0 Å². The molecule has 0 saturated heterocycles. The van der Waals surface area contributed by atoms with Crippen molar-refractivity contribution in [3.63, 3.8) is 0 Å². The molecule has 2 aromatic heterocycles. The Bertz CT molecular complexity index is 1360. The van der Waals surface area contributed by atoms with Crippen LogP contribution >= 0.6 is 0 Å². The SMILES string of the molecule is COc1ccc2cc(CN(C3CCCC3)C(c3nnnn3Cc3ccccc3)C(C)C)c(=O)[nH]c2c1. The van der Waals surface area contributed by atoms with Crippen molar-refractivity contribution >= 4 is 10.9 Å². The van der Waals surface area contributed by atoms with Gasteiger partial charge in [-0.1, -0.05) is 57.0 Å². The maximum Gasteiger partial charge on any atom is 0.252 e.